The van der Waals surface area contributed by atoms with Crippen molar-refractivity contribution in [2.75, 3.05) is 0 Å². The second kappa shape index (κ2) is 14.3. The van der Waals surface area contributed by atoms with Crippen LogP contribution in [-0.4, -0.2) is 9.13 Å². The minimum Gasteiger partial charge on any atom is -0.336 e. The molecule has 9 rings (SSSR count). The molecule has 4 aliphatic carbocycles. The Balaban J connectivity index is 0.783. The van der Waals surface area contributed by atoms with Crippen molar-refractivity contribution in [3.05, 3.63) is 189 Å². The van der Waals surface area contributed by atoms with Gasteiger partial charge in [-0.25, -0.2) is 0 Å². The lowest BCUT2D eigenvalue weighted by Crippen LogP contribution is -2.02. The first-order chi connectivity index (χ1) is 25.8. The quantitative estimate of drug-likeness (QED) is 0.0823. The van der Waals surface area contributed by atoms with Crippen LogP contribution in [0.4, 0.5) is 0 Å². The van der Waals surface area contributed by atoms with Crippen molar-refractivity contribution in [1.29, 1.82) is 0 Å². The van der Waals surface area contributed by atoms with E-state index in [2.05, 4.69) is 172 Å². The van der Waals surface area contributed by atoms with Crippen LogP contribution >= 0.6 is 0 Å². The first-order valence-corrected chi connectivity index (χ1v) is 18.8. The number of fused-ring (bicyclic) bond motifs is 6. The highest BCUT2D eigenvalue weighted by molar-refractivity contribution is 5.94. The van der Waals surface area contributed by atoms with Gasteiger partial charge in [-0.3, -0.25) is 0 Å². The van der Waals surface area contributed by atoms with Crippen LogP contribution in [0.15, 0.2) is 139 Å². The van der Waals surface area contributed by atoms with Crippen molar-refractivity contribution < 1.29 is 0 Å². The topological polar surface area (TPSA) is 9.86 Å². The minimum absolute atomic E-state index is 0.441. The normalized spacial score (nSPS) is 17.2. The lowest BCUT2D eigenvalue weighted by molar-refractivity contribution is 0.821. The highest BCUT2D eigenvalue weighted by Gasteiger charge is 2.23. The zero-order valence-electron chi connectivity index (χ0n) is 29.5. The summed E-state index contributed by atoms with van der Waals surface area (Å²) >= 11 is 0. The third-order valence-electron chi connectivity index (χ3n) is 10.8. The summed E-state index contributed by atoms with van der Waals surface area (Å²) in [6, 6.07) is 26.5. The maximum atomic E-state index is 3.13. The predicted octanol–water partition coefficient (Wildman–Crippen LogP) is 12.5. The number of hydrogen-bond donors (Lipinski definition) is 0. The second-order valence-corrected chi connectivity index (χ2v) is 14.0. The Kier molecular flexibility index (Phi) is 8.77. The van der Waals surface area contributed by atoms with Crippen LogP contribution in [0.2, 0.25) is 0 Å². The van der Waals surface area contributed by atoms with Crippen LogP contribution in [0.5, 0.6) is 0 Å². The van der Waals surface area contributed by atoms with Crippen molar-refractivity contribution in [2.45, 2.75) is 45.1 Å². The molecule has 0 saturated carbocycles. The number of benzene rings is 3. The molecule has 2 heteroatoms. The van der Waals surface area contributed by atoms with Gasteiger partial charge in [0.15, 0.2) is 0 Å². The predicted molar refractivity (Wildman–Crippen MR) is 222 cm³/mol. The Morgan fingerprint density at radius 3 is 2.13 bits per heavy atom. The van der Waals surface area contributed by atoms with E-state index in [1.807, 2.05) is 12.2 Å². The summed E-state index contributed by atoms with van der Waals surface area (Å²) in [5, 5.41) is 1.28. The monoisotopic (exact) mass is 670 g/mol. The summed E-state index contributed by atoms with van der Waals surface area (Å²) in [6.07, 6.45) is 40.5. The van der Waals surface area contributed by atoms with E-state index in [0.29, 0.717) is 5.92 Å². The van der Waals surface area contributed by atoms with Gasteiger partial charge in [0.05, 0.1) is 5.69 Å². The van der Waals surface area contributed by atoms with Crippen molar-refractivity contribution in [3.8, 4) is 5.69 Å². The third kappa shape index (κ3) is 6.25. The van der Waals surface area contributed by atoms with Gasteiger partial charge in [-0.2, -0.15) is 0 Å². The summed E-state index contributed by atoms with van der Waals surface area (Å²) in [4.78, 5) is 0. The molecule has 2 nitrogen and oxygen atoms in total. The molecule has 1 unspecified atom stereocenters. The van der Waals surface area contributed by atoms with Crippen molar-refractivity contribution >= 4 is 52.9 Å². The Bertz CT molecular complexity index is 2440. The van der Waals surface area contributed by atoms with Crippen LogP contribution in [0.1, 0.15) is 76.1 Å². The lowest BCUT2D eigenvalue weighted by Gasteiger charge is -2.13. The molecule has 0 aliphatic heterocycles. The third-order valence-corrected chi connectivity index (χ3v) is 10.8. The Hall–Kier alpha value is -6.04. The molecule has 252 valence electrons. The van der Waals surface area contributed by atoms with E-state index in [9.17, 15) is 0 Å². The molecule has 0 spiro atoms. The number of hydrogen-bond acceptors (Lipinski definition) is 0. The van der Waals surface area contributed by atoms with Crippen molar-refractivity contribution in [1.82, 2.24) is 9.13 Å². The fraction of sp³-hybridized carbons (Fsp3) is 0.160. The van der Waals surface area contributed by atoms with Gasteiger partial charge in [-0.05, 0) is 114 Å². The summed E-state index contributed by atoms with van der Waals surface area (Å²) in [7, 11) is 0. The molecule has 2 heterocycles. The van der Waals surface area contributed by atoms with Gasteiger partial charge in [0.1, 0.15) is 0 Å². The fourth-order valence-corrected chi connectivity index (χ4v) is 8.13. The summed E-state index contributed by atoms with van der Waals surface area (Å²) in [5.41, 5.74) is 22.0. The van der Waals surface area contributed by atoms with E-state index >= 15 is 0 Å². The molecule has 3 aromatic carbocycles. The number of aromatic nitrogens is 2. The molecule has 52 heavy (non-hydrogen) atoms. The molecule has 0 amide bonds. The summed E-state index contributed by atoms with van der Waals surface area (Å²) in [5.74, 6) is 0.441. The highest BCUT2D eigenvalue weighted by Crippen LogP contribution is 2.36. The lowest BCUT2D eigenvalue weighted by atomic mass is 9.92. The first kappa shape index (κ1) is 31.9. The van der Waals surface area contributed by atoms with Crippen LogP contribution in [0.3, 0.4) is 0 Å². The van der Waals surface area contributed by atoms with Gasteiger partial charge in [0, 0.05) is 46.2 Å². The molecule has 0 bridgehead atoms. The zero-order chi connectivity index (χ0) is 34.7. The molecule has 5 aromatic rings. The van der Waals surface area contributed by atoms with Crippen LogP contribution < -0.4 is 0 Å². The second-order valence-electron chi connectivity index (χ2n) is 14.0. The minimum atomic E-state index is 0.441. The smallest absolute Gasteiger partial charge is 0.0585 e. The van der Waals surface area contributed by atoms with E-state index in [4.69, 9.17) is 0 Å². The Morgan fingerprint density at radius 2 is 1.40 bits per heavy atom. The van der Waals surface area contributed by atoms with E-state index in [0.717, 1.165) is 45.1 Å². The van der Waals surface area contributed by atoms with Gasteiger partial charge in [-0.15, -0.1) is 0 Å². The van der Waals surface area contributed by atoms with Crippen LogP contribution in [0, 0.1) is 5.92 Å². The van der Waals surface area contributed by atoms with Crippen LogP contribution in [0.25, 0.3) is 58.6 Å². The number of rotatable bonds is 9. The Morgan fingerprint density at radius 1 is 0.692 bits per heavy atom. The molecule has 1 atom stereocenters. The first-order valence-electron chi connectivity index (χ1n) is 18.8. The van der Waals surface area contributed by atoms with Gasteiger partial charge in [-0.1, -0.05) is 133 Å². The van der Waals surface area contributed by atoms with Crippen molar-refractivity contribution in [3.63, 3.8) is 0 Å². The summed E-state index contributed by atoms with van der Waals surface area (Å²) in [6.45, 7) is 0.848. The average molecular weight is 671 g/mol. The molecule has 4 aliphatic rings. The Labute approximate surface area is 307 Å². The SMILES string of the molecule is C1=C=Cc2c(c3ccccc3n2C/C=C\C/C=C/C2C=CC(c3ccc(/C=C/c4ccc(-n5c6c(c7c5C=CCC7)CCC=C6)cc4)cc3)=CC2)C=1. The van der Waals surface area contributed by atoms with E-state index < -0.39 is 0 Å². The zero-order valence-corrected chi connectivity index (χ0v) is 29.5. The van der Waals surface area contributed by atoms with E-state index in [1.54, 1.807) is 11.1 Å². The fourth-order valence-electron chi connectivity index (χ4n) is 8.13. The standard InChI is InChI=1S/C50H42N2/c1(2-12-36-51-47-18-8-4-14-43(47)44-15-5-9-19-48(44)51)3-13-37-24-30-40(31-25-37)41-32-26-38(27-33-41)22-23-39-28-34-42(35-29-39)52-49-20-10-6-16-45(49)46-17-7-11-21-50(46)52/h2-4,8,10-15,18-24,26-35,37H,1,6-7,16-17,25,36H2/b12-2-,13-3+,23-22+. The van der Waals surface area contributed by atoms with Gasteiger partial charge >= 0.3 is 0 Å². The largest absolute Gasteiger partial charge is 0.336 e. The summed E-state index contributed by atoms with van der Waals surface area (Å²) < 4.78 is 4.82. The van der Waals surface area contributed by atoms with Gasteiger partial charge in [0.25, 0.3) is 0 Å². The molecular weight excluding hydrogens is 629 g/mol. The van der Waals surface area contributed by atoms with Gasteiger partial charge < -0.3 is 9.13 Å². The number of para-hydroxylation sites is 1. The van der Waals surface area contributed by atoms with E-state index in [1.165, 1.54) is 61.5 Å². The van der Waals surface area contributed by atoms with Crippen molar-refractivity contribution in [2.24, 2.45) is 5.92 Å². The maximum Gasteiger partial charge on any atom is 0.0585 e. The highest BCUT2D eigenvalue weighted by atomic mass is 15.0. The maximum absolute atomic E-state index is 3.13. The molecule has 0 N–H and O–H groups in total. The molecular formula is C50H42N2. The van der Waals surface area contributed by atoms with Crippen LogP contribution in [-0.2, 0) is 19.4 Å². The molecule has 0 fully saturated rings. The number of allylic oxidation sites excluding steroid dienone is 10. The molecule has 0 saturated heterocycles. The average Bonchev–Trinajstić information content (AvgIpc) is 3.72. The number of nitrogens with zero attached hydrogens (tertiary/aromatic N) is 2. The van der Waals surface area contributed by atoms with Gasteiger partial charge in [0.2, 0.25) is 0 Å². The van der Waals surface area contributed by atoms with E-state index in [-0.39, 0.29) is 0 Å². The molecule has 2 aromatic heterocycles. The molecule has 0 radical (unpaired) electrons.